The second kappa shape index (κ2) is 16.8. The van der Waals surface area contributed by atoms with Crippen molar-refractivity contribution in [2.75, 3.05) is 5.73 Å². The van der Waals surface area contributed by atoms with Gasteiger partial charge in [-0.05, 0) is 88.9 Å². The third-order valence-corrected chi connectivity index (χ3v) is 5.95. The van der Waals surface area contributed by atoms with E-state index in [1.807, 2.05) is 36.4 Å². The molecule has 0 bridgehead atoms. The Morgan fingerprint density at radius 2 is 1.27 bits per heavy atom. The van der Waals surface area contributed by atoms with E-state index in [9.17, 15) is 5.11 Å². The van der Waals surface area contributed by atoms with E-state index in [1.54, 1.807) is 24.3 Å². The number of nitrogen functional groups attached to an aromatic ring is 1. The quantitative estimate of drug-likeness (QED) is 0.146. The predicted octanol–water partition coefficient (Wildman–Crippen LogP) is 8.64. The summed E-state index contributed by atoms with van der Waals surface area (Å²) in [5.41, 5.74) is 7.59. The molecule has 0 aliphatic heterocycles. The zero-order valence-electron chi connectivity index (χ0n) is 20.9. The van der Waals surface area contributed by atoms with Gasteiger partial charge in [0.15, 0.2) is 0 Å². The lowest BCUT2D eigenvalue weighted by Crippen LogP contribution is -1.87. The van der Waals surface area contributed by atoms with Crippen LogP contribution in [0.15, 0.2) is 60.7 Å². The molecule has 9 heteroatoms. The minimum absolute atomic E-state index is 0.000000000000000444. The first-order valence-electron chi connectivity index (χ1n) is 12.3. The molecule has 37 heavy (non-hydrogen) atoms. The monoisotopic (exact) mass is 562 g/mol. The third kappa shape index (κ3) is 12.3. The number of aromatic hydroxyl groups is 2. The van der Waals surface area contributed by atoms with Gasteiger partial charge in [-0.2, -0.15) is 15.0 Å². The Morgan fingerprint density at radius 3 is 1.86 bits per heavy atom. The van der Waals surface area contributed by atoms with Gasteiger partial charge < -0.3 is 15.9 Å². The Bertz CT molecular complexity index is 1170. The first-order valence-corrected chi connectivity index (χ1v) is 13.4. The van der Waals surface area contributed by atoms with Gasteiger partial charge in [0, 0.05) is 11.1 Å². The Hall–Kier alpha value is -2.80. The van der Waals surface area contributed by atoms with E-state index in [-0.39, 0.29) is 21.6 Å². The SMILES string of the molecule is CCCCCCCCCc1ccc(O)cc1.Clc1nc(Cl)nc(Cl)n1.Nc1ccc2cccc(O)c2c1. The zero-order valence-corrected chi connectivity index (χ0v) is 23.1. The molecule has 6 nitrogen and oxygen atoms in total. The first-order chi connectivity index (χ1) is 17.8. The van der Waals surface area contributed by atoms with Crippen LogP contribution in [0.5, 0.6) is 11.5 Å². The van der Waals surface area contributed by atoms with Gasteiger partial charge >= 0.3 is 0 Å². The van der Waals surface area contributed by atoms with Crippen LogP contribution in [0, 0.1) is 0 Å². The standard InChI is InChI=1S/C15H24O.C10H9NO.C3Cl3N3/c1-2-3-4-5-6-7-8-9-14-10-12-15(16)13-11-14;11-8-5-4-7-2-1-3-10(12)9(7)6-8;4-1-7-2(5)9-3(6)8-1/h10-13,16H,2-9H2,1H3;1-6,12H,11H2;. The molecule has 0 atom stereocenters. The second-order valence-corrected chi connectivity index (χ2v) is 9.45. The van der Waals surface area contributed by atoms with Gasteiger partial charge in [-0.1, -0.05) is 75.8 Å². The molecule has 0 saturated heterocycles. The van der Waals surface area contributed by atoms with Crippen LogP contribution in [0.1, 0.15) is 57.4 Å². The minimum Gasteiger partial charge on any atom is -0.508 e. The number of rotatable bonds is 8. The number of phenols is 2. The fraction of sp³-hybridized carbons (Fsp3) is 0.321. The molecule has 198 valence electrons. The van der Waals surface area contributed by atoms with E-state index in [2.05, 4.69) is 21.9 Å². The Balaban J connectivity index is 0.000000203. The molecular formula is C28H33Cl3N4O2. The van der Waals surface area contributed by atoms with E-state index in [0.717, 1.165) is 17.2 Å². The lowest BCUT2D eigenvalue weighted by Gasteiger charge is -2.02. The number of benzene rings is 3. The highest BCUT2D eigenvalue weighted by atomic mass is 35.5. The number of halogens is 3. The van der Waals surface area contributed by atoms with Crippen molar-refractivity contribution in [1.82, 2.24) is 15.0 Å². The van der Waals surface area contributed by atoms with Crippen molar-refractivity contribution >= 4 is 51.3 Å². The van der Waals surface area contributed by atoms with E-state index < -0.39 is 0 Å². The second-order valence-electron chi connectivity index (χ2n) is 8.44. The van der Waals surface area contributed by atoms with Crippen LogP contribution in [0.4, 0.5) is 5.69 Å². The number of nitrogens with zero attached hydrogens (tertiary/aromatic N) is 3. The van der Waals surface area contributed by atoms with Gasteiger partial charge in [0.05, 0.1) is 0 Å². The number of hydrogen-bond acceptors (Lipinski definition) is 6. The van der Waals surface area contributed by atoms with Crippen molar-refractivity contribution in [3.8, 4) is 11.5 Å². The highest BCUT2D eigenvalue weighted by molar-refractivity contribution is 6.33. The number of aryl methyl sites for hydroxylation is 1. The van der Waals surface area contributed by atoms with Crippen LogP contribution in [0.25, 0.3) is 10.8 Å². The van der Waals surface area contributed by atoms with Crippen LogP contribution in [0.2, 0.25) is 15.9 Å². The molecule has 0 aliphatic carbocycles. The van der Waals surface area contributed by atoms with Crippen LogP contribution >= 0.6 is 34.8 Å². The summed E-state index contributed by atoms with van der Waals surface area (Å²) in [6.07, 6.45) is 10.6. The summed E-state index contributed by atoms with van der Waals surface area (Å²) in [7, 11) is 0. The molecule has 4 aromatic rings. The number of aromatic nitrogens is 3. The number of anilines is 1. The highest BCUT2D eigenvalue weighted by Crippen LogP contribution is 2.25. The van der Waals surface area contributed by atoms with Gasteiger partial charge in [0.25, 0.3) is 0 Å². The molecule has 0 amide bonds. The summed E-state index contributed by atoms with van der Waals surface area (Å²) >= 11 is 16.0. The maximum atomic E-state index is 9.44. The first kappa shape index (κ1) is 30.4. The van der Waals surface area contributed by atoms with Crippen LogP contribution in [-0.4, -0.2) is 25.2 Å². The number of nitrogens with two attached hydrogens (primary N) is 1. The number of hydrogen-bond donors (Lipinski definition) is 3. The summed E-state index contributed by atoms with van der Waals surface area (Å²) in [6, 6.07) is 18.5. The average Bonchev–Trinajstić information content (AvgIpc) is 2.85. The van der Waals surface area contributed by atoms with E-state index >= 15 is 0 Å². The van der Waals surface area contributed by atoms with Crippen molar-refractivity contribution in [3.63, 3.8) is 0 Å². The van der Waals surface area contributed by atoms with E-state index in [1.165, 1.54) is 50.5 Å². The minimum atomic E-state index is 0.000000000000000444. The Morgan fingerprint density at radius 1 is 0.703 bits per heavy atom. The zero-order chi connectivity index (χ0) is 27.0. The Kier molecular flexibility index (Phi) is 13.9. The average molecular weight is 564 g/mol. The molecule has 0 saturated carbocycles. The van der Waals surface area contributed by atoms with Crippen molar-refractivity contribution in [1.29, 1.82) is 0 Å². The largest absolute Gasteiger partial charge is 0.508 e. The molecular weight excluding hydrogens is 531 g/mol. The van der Waals surface area contributed by atoms with Crippen LogP contribution in [-0.2, 0) is 6.42 Å². The maximum absolute atomic E-state index is 9.44. The lowest BCUT2D eigenvalue weighted by molar-refractivity contribution is 0.475. The summed E-state index contributed by atoms with van der Waals surface area (Å²) in [5.74, 6) is 0.642. The number of unbranched alkanes of at least 4 members (excludes halogenated alkanes) is 6. The molecule has 0 aliphatic rings. The molecule has 1 heterocycles. The fourth-order valence-electron chi connectivity index (χ4n) is 3.53. The van der Waals surface area contributed by atoms with Crippen molar-refractivity contribution in [2.45, 2.75) is 58.3 Å². The van der Waals surface area contributed by atoms with Crippen molar-refractivity contribution < 1.29 is 10.2 Å². The molecule has 4 N–H and O–H groups in total. The van der Waals surface area contributed by atoms with Crippen molar-refractivity contribution in [3.05, 3.63) is 82.1 Å². The fourth-order valence-corrected chi connectivity index (χ4v) is 4.14. The molecule has 3 aromatic carbocycles. The van der Waals surface area contributed by atoms with E-state index in [0.29, 0.717) is 11.4 Å². The molecule has 0 fully saturated rings. The van der Waals surface area contributed by atoms with Gasteiger partial charge in [-0.3, -0.25) is 0 Å². The summed E-state index contributed by atoms with van der Waals surface area (Å²) in [6.45, 7) is 2.25. The van der Waals surface area contributed by atoms with Crippen LogP contribution in [0.3, 0.4) is 0 Å². The summed E-state index contributed by atoms with van der Waals surface area (Å²) in [4.78, 5) is 10.4. The number of fused-ring (bicyclic) bond motifs is 1. The van der Waals surface area contributed by atoms with Crippen molar-refractivity contribution in [2.24, 2.45) is 0 Å². The highest BCUT2D eigenvalue weighted by Gasteiger charge is 1.99. The Labute approximate surface area is 233 Å². The number of phenolic OH excluding ortho intramolecular Hbond substituents is 2. The molecule has 0 unspecified atom stereocenters. The molecule has 1 aromatic heterocycles. The van der Waals surface area contributed by atoms with Gasteiger partial charge in [-0.25, -0.2) is 0 Å². The van der Waals surface area contributed by atoms with Gasteiger partial charge in [-0.15, -0.1) is 0 Å². The third-order valence-electron chi connectivity index (χ3n) is 5.44. The molecule has 4 rings (SSSR count). The summed E-state index contributed by atoms with van der Waals surface area (Å²) < 4.78 is 0. The predicted molar refractivity (Wildman–Crippen MR) is 155 cm³/mol. The normalized spacial score (nSPS) is 10.3. The molecule has 0 spiro atoms. The maximum Gasteiger partial charge on any atom is 0.227 e. The molecule has 0 radical (unpaired) electrons. The summed E-state index contributed by atoms with van der Waals surface area (Å²) in [5, 5.41) is 20.4. The van der Waals surface area contributed by atoms with Crippen LogP contribution < -0.4 is 5.73 Å². The lowest BCUT2D eigenvalue weighted by atomic mass is 10.0. The van der Waals surface area contributed by atoms with Gasteiger partial charge in [0.2, 0.25) is 15.9 Å². The smallest absolute Gasteiger partial charge is 0.227 e. The van der Waals surface area contributed by atoms with Gasteiger partial charge in [0.1, 0.15) is 11.5 Å². The van der Waals surface area contributed by atoms with E-state index in [4.69, 9.17) is 45.6 Å². The topological polar surface area (TPSA) is 105 Å².